The van der Waals surface area contributed by atoms with Crippen molar-refractivity contribution in [1.82, 2.24) is 5.32 Å². The highest BCUT2D eigenvalue weighted by Crippen LogP contribution is 2.24. The van der Waals surface area contributed by atoms with Crippen molar-refractivity contribution in [2.75, 3.05) is 20.8 Å². The first-order chi connectivity index (χ1) is 10.7. The van der Waals surface area contributed by atoms with Gasteiger partial charge in [0.2, 0.25) is 0 Å². The Morgan fingerprint density at radius 2 is 2.04 bits per heavy atom. The lowest BCUT2D eigenvalue weighted by Gasteiger charge is -2.10. The van der Waals surface area contributed by atoms with Crippen LogP contribution in [0.15, 0.2) is 34.9 Å². The van der Waals surface area contributed by atoms with E-state index in [1.807, 2.05) is 18.2 Å². The summed E-state index contributed by atoms with van der Waals surface area (Å²) in [6.07, 6.45) is 2.04. The highest BCUT2D eigenvalue weighted by molar-refractivity contribution is 5.93. The van der Waals surface area contributed by atoms with Crippen molar-refractivity contribution in [3.05, 3.63) is 47.4 Å². The van der Waals surface area contributed by atoms with Crippen LogP contribution in [0.2, 0.25) is 0 Å². The van der Waals surface area contributed by atoms with Gasteiger partial charge in [-0.05, 0) is 36.2 Å². The van der Waals surface area contributed by atoms with Crippen molar-refractivity contribution < 1.29 is 18.7 Å². The normalized spacial score (nSPS) is 9.87. The minimum atomic E-state index is -0.190. The number of amides is 1. The van der Waals surface area contributed by atoms with Gasteiger partial charge >= 0.3 is 0 Å². The van der Waals surface area contributed by atoms with Crippen molar-refractivity contribution in [2.45, 2.75) is 13.0 Å². The highest BCUT2D eigenvalue weighted by atomic mass is 35.5. The summed E-state index contributed by atoms with van der Waals surface area (Å²) in [7, 11) is 3.23. The van der Waals surface area contributed by atoms with Crippen molar-refractivity contribution in [3.63, 3.8) is 0 Å². The fourth-order valence-corrected chi connectivity index (χ4v) is 2.10. The average molecular weight is 341 g/mol. The number of nitrogens with one attached hydrogen (secondary N) is 1. The molecule has 23 heavy (non-hydrogen) atoms. The number of furan rings is 1. The second-order valence-electron chi connectivity index (χ2n) is 4.69. The second-order valence-corrected chi connectivity index (χ2v) is 4.69. The summed E-state index contributed by atoms with van der Waals surface area (Å²) in [5.74, 6) is 1.92. The topological polar surface area (TPSA) is 86.7 Å². The molecule has 0 aliphatic carbocycles. The first kappa shape index (κ1) is 18.9. The molecule has 0 unspecified atom stereocenters. The number of carbonyl (C=O) groups is 1. The molecule has 0 saturated carbocycles. The summed E-state index contributed by atoms with van der Waals surface area (Å²) >= 11 is 0. The number of rotatable bonds is 7. The Balaban J connectivity index is 0.00000264. The van der Waals surface area contributed by atoms with Crippen LogP contribution in [0.5, 0.6) is 11.5 Å². The van der Waals surface area contributed by atoms with Crippen LogP contribution >= 0.6 is 12.4 Å². The zero-order valence-electron chi connectivity index (χ0n) is 13.1. The Labute approximate surface area is 141 Å². The van der Waals surface area contributed by atoms with Crippen molar-refractivity contribution in [3.8, 4) is 11.5 Å². The molecule has 0 radical (unpaired) electrons. The Bertz CT molecular complexity index is 643. The molecule has 0 atom stereocenters. The van der Waals surface area contributed by atoms with Crippen LogP contribution in [0.3, 0.4) is 0 Å². The second kappa shape index (κ2) is 9.07. The van der Waals surface area contributed by atoms with E-state index in [0.29, 0.717) is 24.3 Å². The van der Waals surface area contributed by atoms with Crippen LogP contribution < -0.4 is 20.5 Å². The minimum absolute atomic E-state index is 0. The minimum Gasteiger partial charge on any atom is -0.497 e. The van der Waals surface area contributed by atoms with Gasteiger partial charge in [0.05, 0.1) is 26.3 Å². The van der Waals surface area contributed by atoms with Gasteiger partial charge in [0, 0.05) is 6.54 Å². The van der Waals surface area contributed by atoms with Crippen molar-refractivity contribution >= 4 is 18.3 Å². The number of methoxy groups -OCH3 is 2. The Morgan fingerprint density at radius 3 is 2.65 bits per heavy atom. The van der Waals surface area contributed by atoms with Gasteiger partial charge < -0.3 is 24.9 Å². The van der Waals surface area contributed by atoms with E-state index in [1.54, 1.807) is 20.3 Å². The van der Waals surface area contributed by atoms with Crippen molar-refractivity contribution in [1.29, 1.82) is 0 Å². The molecule has 126 valence electrons. The zero-order valence-corrected chi connectivity index (χ0v) is 13.9. The van der Waals surface area contributed by atoms with Crippen LogP contribution in [0.1, 0.15) is 21.7 Å². The summed E-state index contributed by atoms with van der Waals surface area (Å²) < 4.78 is 15.7. The molecule has 0 bridgehead atoms. The van der Waals surface area contributed by atoms with Crippen molar-refractivity contribution in [2.24, 2.45) is 5.73 Å². The largest absolute Gasteiger partial charge is 0.497 e. The standard InChI is InChI=1S/C16H20N2O4.ClH/c1-20-13-3-4-15(21-2)11(7-13)5-6-18-16(19)12-8-14(9-17)22-10-12;/h3-4,7-8,10H,5-6,9,17H2,1-2H3,(H,18,19);1H. The molecule has 2 aromatic rings. The number of hydrogen-bond donors (Lipinski definition) is 2. The van der Waals surface area contributed by atoms with Crippen LogP contribution in [-0.4, -0.2) is 26.7 Å². The monoisotopic (exact) mass is 340 g/mol. The first-order valence-corrected chi connectivity index (χ1v) is 6.94. The van der Waals surface area contributed by atoms with Gasteiger partial charge in [0.1, 0.15) is 23.5 Å². The molecule has 0 saturated heterocycles. The number of carbonyl (C=O) groups excluding carboxylic acids is 1. The smallest absolute Gasteiger partial charge is 0.254 e. The summed E-state index contributed by atoms with van der Waals surface area (Å²) in [4.78, 5) is 12.0. The van der Waals surface area contributed by atoms with Gasteiger partial charge in [-0.2, -0.15) is 0 Å². The third-order valence-electron chi connectivity index (χ3n) is 3.28. The molecule has 1 amide bonds. The number of benzene rings is 1. The molecule has 6 nitrogen and oxygen atoms in total. The van der Waals surface area contributed by atoms with E-state index in [4.69, 9.17) is 19.6 Å². The molecule has 1 aromatic carbocycles. The molecule has 1 heterocycles. The maximum Gasteiger partial charge on any atom is 0.254 e. The number of nitrogens with two attached hydrogens (primary N) is 1. The summed E-state index contributed by atoms with van der Waals surface area (Å²) in [6, 6.07) is 7.22. The Kier molecular flexibility index (Phi) is 7.44. The van der Waals surface area contributed by atoms with E-state index in [-0.39, 0.29) is 24.9 Å². The van der Waals surface area contributed by atoms with Gasteiger partial charge in [0.15, 0.2) is 0 Å². The zero-order chi connectivity index (χ0) is 15.9. The lowest BCUT2D eigenvalue weighted by molar-refractivity contribution is 0.0953. The summed E-state index contributed by atoms with van der Waals surface area (Å²) in [5.41, 5.74) is 6.89. The van der Waals surface area contributed by atoms with E-state index in [0.717, 1.165) is 17.1 Å². The quantitative estimate of drug-likeness (QED) is 0.806. The molecular formula is C16H21ClN2O4. The molecule has 1 aromatic heterocycles. The van der Waals surface area contributed by atoms with E-state index in [9.17, 15) is 4.79 Å². The van der Waals surface area contributed by atoms with Gasteiger partial charge in [-0.1, -0.05) is 0 Å². The fraction of sp³-hybridized carbons (Fsp3) is 0.312. The van der Waals surface area contributed by atoms with Crippen LogP contribution in [0.4, 0.5) is 0 Å². The molecular weight excluding hydrogens is 320 g/mol. The predicted octanol–water partition coefficient (Wildman–Crippen LogP) is 2.15. The van der Waals surface area contributed by atoms with Crippen LogP contribution in [-0.2, 0) is 13.0 Å². The van der Waals surface area contributed by atoms with Gasteiger partial charge in [0.25, 0.3) is 5.91 Å². The number of hydrogen-bond acceptors (Lipinski definition) is 5. The van der Waals surface area contributed by atoms with Crippen LogP contribution in [0, 0.1) is 0 Å². The molecule has 7 heteroatoms. The van der Waals surface area contributed by atoms with E-state index in [1.165, 1.54) is 6.26 Å². The van der Waals surface area contributed by atoms with E-state index < -0.39 is 0 Å². The van der Waals surface area contributed by atoms with Gasteiger partial charge in [-0.3, -0.25) is 4.79 Å². The van der Waals surface area contributed by atoms with Gasteiger partial charge in [-0.25, -0.2) is 0 Å². The third-order valence-corrected chi connectivity index (χ3v) is 3.28. The van der Waals surface area contributed by atoms with Gasteiger partial charge in [-0.15, -0.1) is 12.4 Å². The highest BCUT2D eigenvalue weighted by Gasteiger charge is 2.10. The molecule has 0 fully saturated rings. The lowest BCUT2D eigenvalue weighted by atomic mass is 10.1. The van der Waals surface area contributed by atoms with E-state index in [2.05, 4.69) is 5.32 Å². The third kappa shape index (κ3) is 4.91. The molecule has 2 rings (SSSR count). The van der Waals surface area contributed by atoms with E-state index >= 15 is 0 Å². The fourth-order valence-electron chi connectivity index (χ4n) is 2.10. The maximum atomic E-state index is 12.0. The maximum absolute atomic E-state index is 12.0. The molecule has 0 spiro atoms. The predicted molar refractivity (Wildman–Crippen MR) is 89.4 cm³/mol. The number of halogens is 1. The van der Waals surface area contributed by atoms with Crippen LogP contribution in [0.25, 0.3) is 0 Å². The molecule has 0 aliphatic heterocycles. The summed E-state index contributed by atoms with van der Waals surface area (Å²) in [5, 5.41) is 2.84. The lowest BCUT2D eigenvalue weighted by Crippen LogP contribution is -2.25. The average Bonchev–Trinajstić information content (AvgIpc) is 3.03. The molecule has 3 N–H and O–H groups in total. The first-order valence-electron chi connectivity index (χ1n) is 6.94. The SMILES string of the molecule is COc1ccc(OC)c(CCNC(=O)c2coc(CN)c2)c1.Cl. The summed E-state index contributed by atoms with van der Waals surface area (Å²) in [6.45, 7) is 0.750. The number of ether oxygens (including phenoxy) is 2. The molecule has 0 aliphatic rings. The Morgan fingerprint density at radius 1 is 1.26 bits per heavy atom. The Hall–Kier alpha value is -2.18.